The van der Waals surface area contributed by atoms with E-state index in [1.165, 1.54) is 6.33 Å². The maximum absolute atomic E-state index is 5.65. The van der Waals surface area contributed by atoms with E-state index in [4.69, 9.17) is 14.0 Å². The van der Waals surface area contributed by atoms with Crippen molar-refractivity contribution in [3.8, 4) is 17.0 Å². The Balaban J connectivity index is 1.74. The van der Waals surface area contributed by atoms with Crippen LogP contribution in [0.2, 0.25) is 0 Å². The summed E-state index contributed by atoms with van der Waals surface area (Å²) in [5.41, 5.74) is 1.95. The van der Waals surface area contributed by atoms with Gasteiger partial charge in [0.25, 0.3) is 5.71 Å². The molecule has 0 radical (unpaired) electrons. The highest BCUT2D eigenvalue weighted by Gasteiger charge is 2.21. The largest absolute Gasteiger partial charge is 0.496 e. The zero-order valence-corrected chi connectivity index (χ0v) is 13.4. The number of ether oxygens (including phenoxy) is 2. The van der Waals surface area contributed by atoms with Gasteiger partial charge < -0.3 is 19.3 Å². The van der Waals surface area contributed by atoms with Crippen LogP contribution in [0.3, 0.4) is 0 Å². The molecule has 1 saturated heterocycles. The minimum Gasteiger partial charge on any atom is -0.496 e. The van der Waals surface area contributed by atoms with Crippen molar-refractivity contribution in [3.63, 3.8) is 0 Å². The van der Waals surface area contributed by atoms with Crippen molar-refractivity contribution in [1.29, 1.82) is 0 Å². The van der Waals surface area contributed by atoms with Crippen LogP contribution in [0.4, 0.5) is 5.82 Å². The zero-order chi connectivity index (χ0) is 16.4. The summed E-state index contributed by atoms with van der Waals surface area (Å²) in [6.45, 7) is 1.52. The normalized spacial score (nSPS) is 17.3. The highest BCUT2D eigenvalue weighted by Crippen LogP contribution is 2.36. The number of methoxy groups -OCH3 is 1. The second kappa shape index (κ2) is 6.45. The molecule has 0 bridgehead atoms. The molecule has 0 saturated carbocycles. The van der Waals surface area contributed by atoms with Crippen LogP contribution in [0, 0.1) is 0 Å². The van der Waals surface area contributed by atoms with E-state index in [0.29, 0.717) is 23.8 Å². The molecule has 1 unspecified atom stereocenters. The van der Waals surface area contributed by atoms with Crippen molar-refractivity contribution in [2.75, 3.05) is 25.6 Å². The summed E-state index contributed by atoms with van der Waals surface area (Å²) in [5.74, 6) is 1.42. The second-order valence-corrected chi connectivity index (χ2v) is 5.65. The highest BCUT2D eigenvalue weighted by molar-refractivity contribution is 5.98. The highest BCUT2D eigenvalue weighted by atomic mass is 16.5. The van der Waals surface area contributed by atoms with Crippen molar-refractivity contribution in [2.24, 2.45) is 0 Å². The molecular weight excluding hydrogens is 308 g/mol. The number of fused-ring (bicyclic) bond motifs is 1. The Bertz CT molecular complexity index is 843. The lowest BCUT2D eigenvalue weighted by atomic mass is 10.1. The van der Waals surface area contributed by atoms with Gasteiger partial charge in [-0.05, 0) is 25.0 Å². The van der Waals surface area contributed by atoms with E-state index in [9.17, 15) is 0 Å². The minimum absolute atomic E-state index is 0.213. The van der Waals surface area contributed by atoms with Gasteiger partial charge in [0.05, 0.1) is 13.2 Å². The number of nitrogens with one attached hydrogen (secondary N) is 1. The molecule has 0 amide bonds. The Morgan fingerprint density at radius 3 is 3.04 bits per heavy atom. The molecule has 1 fully saturated rings. The van der Waals surface area contributed by atoms with E-state index in [2.05, 4.69) is 20.4 Å². The van der Waals surface area contributed by atoms with Crippen LogP contribution < -0.4 is 10.1 Å². The smallest absolute Gasteiger partial charge is 0.263 e. The van der Waals surface area contributed by atoms with Gasteiger partial charge in [-0.2, -0.15) is 4.98 Å². The van der Waals surface area contributed by atoms with Gasteiger partial charge in [-0.25, -0.2) is 4.98 Å². The lowest BCUT2D eigenvalue weighted by molar-refractivity contribution is 0.120. The maximum atomic E-state index is 5.65. The average Bonchev–Trinajstić information content (AvgIpc) is 3.29. The van der Waals surface area contributed by atoms with E-state index in [0.717, 1.165) is 36.1 Å². The monoisotopic (exact) mass is 326 g/mol. The fourth-order valence-corrected chi connectivity index (χ4v) is 2.96. The molecule has 1 atom stereocenters. The molecule has 1 aliphatic rings. The molecule has 3 heterocycles. The molecule has 7 nitrogen and oxygen atoms in total. The first-order valence-electron chi connectivity index (χ1n) is 7.96. The van der Waals surface area contributed by atoms with E-state index >= 15 is 0 Å². The number of anilines is 1. The molecule has 124 valence electrons. The number of para-hydroxylation sites is 1. The molecular formula is C17H18N4O3. The number of rotatable bonds is 5. The topological polar surface area (TPSA) is 82.3 Å². The van der Waals surface area contributed by atoms with Gasteiger partial charge >= 0.3 is 0 Å². The van der Waals surface area contributed by atoms with Gasteiger partial charge in [0.15, 0.2) is 0 Å². The Morgan fingerprint density at radius 1 is 1.29 bits per heavy atom. The third-order valence-corrected chi connectivity index (χ3v) is 4.16. The first kappa shape index (κ1) is 14.9. The molecule has 0 spiro atoms. The van der Waals surface area contributed by atoms with Gasteiger partial charge in [0, 0.05) is 18.7 Å². The summed E-state index contributed by atoms with van der Waals surface area (Å²) in [7, 11) is 1.63. The van der Waals surface area contributed by atoms with Crippen LogP contribution in [0.25, 0.3) is 22.4 Å². The number of hydrogen-bond donors (Lipinski definition) is 1. The molecule has 1 aromatic carbocycles. The Hall–Kier alpha value is -2.67. The molecule has 2 aromatic heterocycles. The molecule has 7 heteroatoms. The number of benzene rings is 1. The van der Waals surface area contributed by atoms with Crippen molar-refractivity contribution in [3.05, 3.63) is 30.6 Å². The molecule has 4 rings (SSSR count). The molecule has 24 heavy (non-hydrogen) atoms. The Morgan fingerprint density at radius 2 is 2.21 bits per heavy atom. The zero-order valence-electron chi connectivity index (χ0n) is 13.4. The summed E-state index contributed by atoms with van der Waals surface area (Å²) in [6.07, 6.45) is 3.84. The Labute approximate surface area is 139 Å². The molecule has 3 aromatic rings. The summed E-state index contributed by atoms with van der Waals surface area (Å²) in [4.78, 5) is 8.53. The van der Waals surface area contributed by atoms with E-state index in [1.807, 2.05) is 24.3 Å². The predicted molar refractivity (Wildman–Crippen MR) is 89.1 cm³/mol. The number of nitrogens with zero attached hydrogens (tertiary/aromatic N) is 3. The van der Waals surface area contributed by atoms with Crippen LogP contribution >= 0.6 is 0 Å². The van der Waals surface area contributed by atoms with Crippen LogP contribution in [0.5, 0.6) is 5.75 Å². The van der Waals surface area contributed by atoms with Crippen LogP contribution in [0.15, 0.2) is 35.1 Å². The van der Waals surface area contributed by atoms with E-state index in [1.54, 1.807) is 7.11 Å². The van der Waals surface area contributed by atoms with Gasteiger partial charge in [-0.15, -0.1) is 0 Å². The van der Waals surface area contributed by atoms with Crippen LogP contribution in [-0.4, -0.2) is 41.5 Å². The van der Waals surface area contributed by atoms with E-state index in [-0.39, 0.29) is 6.10 Å². The van der Waals surface area contributed by atoms with Crippen LogP contribution in [0.1, 0.15) is 12.8 Å². The summed E-state index contributed by atoms with van der Waals surface area (Å²) >= 11 is 0. The van der Waals surface area contributed by atoms with Gasteiger partial charge in [0.1, 0.15) is 29.0 Å². The Kier molecular flexibility index (Phi) is 4.00. The standard InChI is InChI=1S/C17H18N4O3/c1-22-13-7-3-2-6-12(13)15-14-16(18-9-11-5-4-8-23-11)19-10-20-17(14)24-21-15/h2-3,6-7,10-11H,4-5,8-9H2,1H3,(H,18,19,20). The lowest BCUT2D eigenvalue weighted by Gasteiger charge is -2.12. The van der Waals surface area contributed by atoms with Crippen molar-refractivity contribution >= 4 is 16.9 Å². The third kappa shape index (κ3) is 2.67. The maximum Gasteiger partial charge on any atom is 0.263 e. The quantitative estimate of drug-likeness (QED) is 0.772. The number of hydrogen-bond acceptors (Lipinski definition) is 7. The van der Waals surface area contributed by atoms with Crippen LogP contribution in [-0.2, 0) is 4.74 Å². The lowest BCUT2D eigenvalue weighted by Crippen LogP contribution is -2.19. The van der Waals surface area contributed by atoms with Gasteiger partial charge in [-0.1, -0.05) is 17.3 Å². The van der Waals surface area contributed by atoms with Crippen molar-refractivity contribution < 1.29 is 14.0 Å². The summed E-state index contributed by atoms with van der Waals surface area (Å²) in [5, 5.41) is 8.28. The fraction of sp³-hybridized carbons (Fsp3) is 0.353. The van der Waals surface area contributed by atoms with Crippen molar-refractivity contribution in [2.45, 2.75) is 18.9 Å². The SMILES string of the molecule is COc1ccccc1-c1noc2ncnc(NCC3CCCO3)c12. The van der Waals surface area contributed by atoms with E-state index < -0.39 is 0 Å². The minimum atomic E-state index is 0.213. The number of aromatic nitrogens is 3. The fourth-order valence-electron chi connectivity index (χ4n) is 2.96. The second-order valence-electron chi connectivity index (χ2n) is 5.65. The van der Waals surface area contributed by atoms with Gasteiger partial charge in [-0.3, -0.25) is 0 Å². The molecule has 0 aliphatic carbocycles. The predicted octanol–water partition coefficient (Wildman–Crippen LogP) is 2.88. The summed E-state index contributed by atoms with van der Waals surface area (Å²) < 4.78 is 16.5. The molecule has 1 aliphatic heterocycles. The average molecular weight is 326 g/mol. The first-order valence-corrected chi connectivity index (χ1v) is 7.96. The third-order valence-electron chi connectivity index (χ3n) is 4.16. The molecule has 1 N–H and O–H groups in total. The first-order chi connectivity index (χ1) is 11.9. The summed E-state index contributed by atoms with van der Waals surface area (Å²) in [6, 6.07) is 7.67. The van der Waals surface area contributed by atoms with Crippen molar-refractivity contribution in [1.82, 2.24) is 15.1 Å². The van der Waals surface area contributed by atoms with Gasteiger partial charge in [0.2, 0.25) is 0 Å².